The van der Waals surface area contributed by atoms with Gasteiger partial charge in [0.1, 0.15) is 11.5 Å². The average Bonchev–Trinajstić information content (AvgIpc) is 2.62. The second-order valence-corrected chi connectivity index (χ2v) is 5.65. The number of phenolic OH excluding ortho intramolecular Hbond substituents is 2. The fourth-order valence-corrected chi connectivity index (χ4v) is 2.23. The number of benzene rings is 2. The lowest BCUT2D eigenvalue weighted by atomic mass is 10.2. The maximum atomic E-state index is 9.61. The van der Waals surface area contributed by atoms with Crippen molar-refractivity contribution in [1.82, 2.24) is 5.32 Å². The highest BCUT2D eigenvalue weighted by atomic mass is 16.3. The number of nitrogens with zero attached hydrogens (tertiary/aromatic N) is 2. The van der Waals surface area contributed by atoms with Crippen molar-refractivity contribution in [3.63, 3.8) is 0 Å². The number of aromatic hydroxyl groups is 2. The van der Waals surface area contributed by atoms with E-state index in [1.54, 1.807) is 36.7 Å². The summed E-state index contributed by atoms with van der Waals surface area (Å²) in [6.45, 7) is 3.27. The summed E-state index contributed by atoms with van der Waals surface area (Å²) < 4.78 is 0. The summed E-state index contributed by atoms with van der Waals surface area (Å²) in [6.07, 6.45) is 5.32. The molecule has 0 fully saturated rings. The third-order valence-corrected chi connectivity index (χ3v) is 3.62. The summed E-state index contributed by atoms with van der Waals surface area (Å²) in [7, 11) is 0. The number of hydrogen-bond acceptors (Lipinski definition) is 5. The fraction of sp³-hybridized carbons (Fsp3) is 0.300. The lowest BCUT2D eigenvalue weighted by Gasteiger charge is -2.02. The Morgan fingerprint density at radius 2 is 1.16 bits per heavy atom. The van der Waals surface area contributed by atoms with Crippen LogP contribution in [0.3, 0.4) is 0 Å². The second-order valence-electron chi connectivity index (χ2n) is 5.65. The Labute approximate surface area is 148 Å². The third kappa shape index (κ3) is 7.18. The number of para-hydroxylation sites is 2. The molecule has 2 rings (SSSR count). The molecule has 0 saturated carbocycles. The molecular formula is C20H25N3O2. The molecule has 0 unspecified atom stereocenters. The predicted octanol–water partition coefficient (Wildman–Crippen LogP) is 3.01. The van der Waals surface area contributed by atoms with Gasteiger partial charge in [-0.2, -0.15) is 0 Å². The van der Waals surface area contributed by atoms with E-state index < -0.39 is 0 Å². The van der Waals surface area contributed by atoms with Crippen LogP contribution in [0.2, 0.25) is 0 Å². The topological polar surface area (TPSA) is 77.2 Å². The van der Waals surface area contributed by atoms with Crippen LogP contribution in [-0.4, -0.2) is 48.8 Å². The number of hydrogen-bond donors (Lipinski definition) is 3. The highest BCUT2D eigenvalue weighted by molar-refractivity contribution is 5.83. The molecule has 0 heterocycles. The van der Waals surface area contributed by atoms with Gasteiger partial charge in [-0.3, -0.25) is 9.98 Å². The van der Waals surface area contributed by atoms with E-state index in [0.717, 1.165) is 50.1 Å². The van der Waals surface area contributed by atoms with Gasteiger partial charge in [0.05, 0.1) is 0 Å². The van der Waals surface area contributed by atoms with Crippen molar-refractivity contribution < 1.29 is 10.2 Å². The highest BCUT2D eigenvalue weighted by Crippen LogP contribution is 2.13. The third-order valence-electron chi connectivity index (χ3n) is 3.62. The van der Waals surface area contributed by atoms with Crippen molar-refractivity contribution in [3.05, 3.63) is 59.7 Å². The summed E-state index contributed by atoms with van der Waals surface area (Å²) in [5, 5.41) is 22.6. The Bertz CT molecular complexity index is 639. The van der Waals surface area contributed by atoms with Crippen LogP contribution in [0.15, 0.2) is 58.5 Å². The number of nitrogens with one attached hydrogen (secondary N) is 1. The van der Waals surface area contributed by atoms with E-state index in [4.69, 9.17) is 0 Å². The maximum Gasteiger partial charge on any atom is 0.124 e. The number of aliphatic imine (C=N–C) groups is 2. The Balaban J connectivity index is 1.50. The van der Waals surface area contributed by atoms with Crippen LogP contribution >= 0.6 is 0 Å². The zero-order chi connectivity index (χ0) is 17.7. The SMILES string of the molecule is Oc1ccccc1C=NCCCNCCCN=Cc1ccccc1O. The monoisotopic (exact) mass is 339 g/mol. The molecule has 0 spiro atoms. The van der Waals surface area contributed by atoms with Gasteiger partial charge in [-0.1, -0.05) is 24.3 Å². The molecule has 0 amide bonds. The normalized spacial score (nSPS) is 11.5. The van der Waals surface area contributed by atoms with Crippen LogP contribution in [0.1, 0.15) is 24.0 Å². The molecule has 0 atom stereocenters. The Kier molecular flexibility index (Phi) is 8.21. The van der Waals surface area contributed by atoms with Gasteiger partial charge in [0, 0.05) is 36.6 Å². The van der Waals surface area contributed by atoms with Gasteiger partial charge in [0.2, 0.25) is 0 Å². The van der Waals surface area contributed by atoms with Crippen LogP contribution in [0.25, 0.3) is 0 Å². The Hall–Kier alpha value is -2.66. The van der Waals surface area contributed by atoms with E-state index in [2.05, 4.69) is 15.3 Å². The first kappa shape index (κ1) is 18.7. The summed E-state index contributed by atoms with van der Waals surface area (Å²) in [4.78, 5) is 8.64. The molecule has 132 valence electrons. The van der Waals surface area contributed by atoms with E-state index in [9.17, 15) is 10.2 Å². The maximum absolute atomic E-state index is 9.61. The van der Waals surface area contributed by atoms with E-state index in [1.165, 1.54) is 0 Å². The van der Waals surface area contributed by atoms with Crippen LogP contribution < -0.4 is 5.32 Å². The lowest BCUT2D eigenvalue weighted by molar-refractivity contribution is 0.474. The van der Waals surface area contributed by atoms with Gasteiger partial charge < -0.3 is 15.5 Å². The van der Waals surface area contributed by atoms with E-state index in [-0.39, 0.29) is 11.5 Å². The van der Waals surface area contributed by atoms with Crippen molar-refractivity contribution in [1.29, 1.82) is 0 Å². The Morgan fingerprint density at radius 3 is 1.60 bits per heavy atom. The molecule has 0 bridgehead atoms. The lowest BCUT2D eigenvalue weighted by Crippen LogP contribution is -2.18. The quantitative estimate of drug-likeness (QED) is 0.460. The van der Waals surface area contributed by atoms with E-state index in [1.807, 2.05) is 24.3 Å². The van der Waals surface area contributed by atoms with Gasteiger partial charge in [-0.15, -0.1) is 0 Å². The molecule has 0 radical (unpaired) electrons. The minimum atomic E-state index is 0.258. The number of phenols is 2. The van der Waals surface area contributed by atoms with Gasteiger partial charge in [0.25, 0.3) is 0 Å². The molecule has 2 aromatic carbocycles. The molecule has 0 aliphatic heterocycles. The largest absolute Gasteiger partial charge is 0.507 e. The standard InChI is InChI=1S/C20H25N3O2/c24-19-9-3-1-7-17(19)15-22-13-5-11-21-12-6-14-23-16-18-8-2-4-10-20(18)25/h1-4,7-10,15-16,21,24-25H,5-6,11-14H2. The zero-order valence-electron chi connectivity index (χ0n) is 14.3. The van der Waals surface area contributed by atoms with E-state index in [0.29, 0.717) is 0 Å². The van der Waals surface area contributed by atoms with Crippen LogP contribution in [-0.2, 0) is 0 Å². The summed E-state index contributed by atoms with van der Waals surface area (Å²) >= 11 is 0. The molecule has 0 saturated heterocycles. The van der Waals surface area contributed by atoms with Crippen LogP contribution in [0.5, 0.6) is 11.5 Å². The molecule has 2 aromatic rings. The summed E-state index contributed by atoms with van der Waals surface area (Å²) in [5.74, 6) is 0.516. The molecule has 5 heteroatoms. The molecule has 3 N–H and O–H groups in total. The van der Waals surface area contributed by atoms with Crippen molar-refractivity contribution in [3.8, 4) is 11.5 Å². The average molecular weight is 339 g/mol. The Morgan fingerprint density at radius 1 is 0.720 bits per heavy atom. The van der Waals surface area contributed by atoms with Crippen LogP contribution in [0, 0.1) is 0 Å². The van der Waals surface area contributed by atoms with Crippen molar-refractivity contribution >= 4 is 12.4 Å². The van der Waals surface area contributed by atoms with Gasteiger partial charge in [-0.05, 0) is 50.2 Å². The van der Waals surface area contributed by atoms with E-state index >= 15 is 0 Å². The van der Waals surface area contributed by atoms with Crippen molar-refractivity contribution in [2.75, 3.05) is 26.2 Å². The molecule has 0 aliphatic carbocycles. The molecule has 0 aromatic heterocycles. The second kappa shape index (κ2) is 11.0. The first-order chi connectivity index (χ1) is 12.3. The van der Waals surface area contributed by atoms with Gasteiger partial charge in [0.15, 0.2) is 0 Å². The first-order valence-electron chi connectivity index (χ1n) is 8.54. The minimum Gasteiger partial charge on any atom is -0.507 e. The van der Waals surface area contributed by atoms with Crippen molar-refractivity contribution in [2.24, 2.45) is 9.98 Å². The molecule has 25 heavy (non-hydrogen) atoms. The first-order valence-corrected chi connectivity index (χ1v) is 8.54. The highest BCUT2D eigenvalue weighted by Gasteiger charge is 1.95. The zero-order valence-corrected chi connectivity index (χ0v) is 14.3. The minimum absolute atomic E-state index is 0.258. The molecular weight excluding hydrogens is 314 g/mol. The molecule has 0 aliphatic rings. The van der Waals surface area contributed by atoms with Gasteiger partial charge >= 0.3 is 0 Å². The fourth-order valence-electron chi connectivity index (χ4n) is 2.23. The predicted molar refractivity (Wildman–Crippen MR) is 103 cm³/mol. The van der Waals surface area contributed by atoms with Gasteiger partial charge in [-0.25, -0.2) is 0 Å². The molecule has 5 nitrogen and oxygen atoms in total. The van der Waals surface area contributed by atoms with Crippen LogP contribution in [0.4, 0.5) is 0 Å². The summed E-state index contributed by atoms with van der Waals surface area (Å²) in [5.41, 5.74) is 1.50. The number of rotatable bonds is 10. The smallest absolute Gasteiger partial charge is 0.124 e. The summed E-state index contributed by atoms with van der Waals surface area (Å²) in [6, 6.07) is 14.3. The van der Waals surface area contributed by atoms with Crippen molar-refractivity contribution in [2.45, 2.75) is 12.8 Å².